The molecular formula is C15H12N2O2. The van der Waals surface area contributed by atoms with Crippen molar-refractivity contribution in [2.24, 2.45) is 0 Å². The van der Waals surface area contributed by atoms with Gasteiger partial charge in [0.1, 0.15) is 12.3 Å². The second-order valence-electron chi connectivity index (χ2n) is 3.93. The molecule has 0 aliphatic carbocycles. The molecule has 1 N–H and O–H groups in total. The van der Waals surface area contributed by atoms with Crippen molar-refractivity contribution in [3.05, 3.63) is 60.2 Å². The maximum absolute atomic E-state index is 12.3. The lowest BCUT2D eigenvalue weighted by molar-refractivity contribution is 0.0990. The van der Waals surface area contributed by atoms with E-state index in [0.717, 1.165) is 0 Å². The summed E-state index contributed by atoms with van der Waals surface area (Å²) in [4.78, 5) is 13.7. The van der Waals surface area contributed by atoms with E-state index < -0.39 is 0 Å². The molecule has 1 amide bonds. The van der Waals surface area contributed by atoms with Crippen LogP contribution in [0.25, 0.3) is 0 Å². The van der Waals surface area contributed by atoms with E-state index in [1.807, 2.05) is 12.1 Å². The van der Waals surface area contributed by atoms with Crippen LogP contribution < -0.4 is 4.90 Å². The number of carbonyl (C=O) groups is 1. The van der Waals surface area contributed by atoms with E-state index in [1.54, 1.807) is 36.4 Å². The Morgan fingerprint density at radius 1 is 1.11 bits per heavy atom. The molecule has 0 aliphatic heterocycles. The Morgan fingerprint density at radius 3 is 2.32 bits per heavy atom. The molecule has 0 fully saturated rings. The number of anilines is 1. The Balaban J connectivity index is 2.33. The fourth-order valence-electron chi connectivity index (χ4n) is 1.72. The van der Waals surface area contributed by atoms with E-state index in [4.69, 9.17) is 5.26 Å². The van der Waals surface area contributed by atoms with Crippen molar-refractivity contribution in [3.63, 3.8) is 0 Å². The average molecular weight is 252 g/mol. The zero-order valence-corrected chi connectivity index (χ0v) is 10.2. The minimum absolute atomic E-state index is 0.0432. The van der Waals surface area contributed by atoms with Gasteiger partial charge >= 0.3 is 0 Å². The second kappa shape index (κ2) is 5.69. The molecule has 0 aromatic heterocycles. The monoisotopic (exact) mass is 252 g/mol. The normalized spacial score (nSPS) is 9.63. The molecule has 0 radical (unpaired) electrons. The number of phenolic OH excluding ortho intramolecular Hbond substituents is 1. The van der Waals surface area contributed by atoms with Crippen LogP contribution in [0.2, 0.25) is 0 Å². The molecule has 94 valence electrons. The number of nitriles is 1. The van der Waals surface area contributed by atoms with Crippen LogP contribution in [0.5, 0.6) is 5.75 Å². The quantitative estimate of drug-likeness (QED) is 0.854. The second-order valence-corrected chi connectivity index (χ2v) is 3.93. The van der Waals surface area contributed by atoms with Crippen LogP contribution in [0.15, 0.2) is 54.6 Å². The molecule has 0 aliphatic rings. The van der Waals surface area contributed by atoms with Gasteiger partial charge in [-0.05, 0) is 36.4 Å². The number of carbonyl (C=O) groups excluding carboxylic acids is 1. The third-order valence-corrected chi connectivity index (χ3v) is 2.66. The molecular weight excluding hydrogens is 240 g/mol. The summed E-state index contributed by atoms with van der Waals surface area (Å²) < 4.78 is 0. The lowest BCUT2D eigenvalue weighted by Crippen LogP contribution is -2.31. The van der Waals surface area contributed by atoms with E-state index in [9.17, 15) is 9.90 Å². The number of rotatable bonds is 3. The molecule has 2 rings (SSSR count). The van der Waals surface area contributed by atoms with Crippen LogP contribution in [0.3, 0.4) is 0 Å². The van der Waals surface area contributed by atoms with Crippen molar-refractivity contribution in [2.75, 3.05) is 11.4 Å². The molecule has 0 unspecified atom stereocenters. The van der Waals surface area contributed by atoms with E-state index in [0.29, 0.717) is 11.3 Å². The minimum atomic E-state index is -0.243. The number of hydrogen-bond acceptors (Lipinski definition) is 3. The average Bonchev–Trinajstić information content (AvgIpc) is 2.46. The van der Waals surface area contributed by atoms with Gasteiger partial charge in [0, 0.05) is 11.3 Å². The van der Waals surface area contributed by atoms with Gasteiger partial charge in [0.15, 0.2) is 0 Å². The number of nitrogens with zero attached hydrogens (tertiary/aromatic N) is 2. The number of aromatic hydroxyl groups is 1. The van der Waals surface area contributed by atoms with Crippen molar-refractivity contribution in [1.82, 2.24) is 0 Å². The topological polar surface area (TPSA) is 64.3 Å². The summed E-state index contributed by atoms with van der Waals surface area (Å²) in [6.45, 7) is -0.0432. The Labute approximate surface area is 111 Å². The Hall–Kier alpha value is -2.80. The fourth-order valence-corrected chi connectivity index (χ4v) is 1.72. The van der Waals surface area contributed by atoms with E-state index in [2.05, 4.69) is 0 Å². The lowest BCUT2D eigenvalue weighted by Gasteiger charge is -2.19. The number of phenols is 1. The van der Waals surface area contributed by atoms with E-state index in [1.165, 1.54) is 17.0 Å². The van der Waals surface area contributed by atoms with Crippen LogP contribution in [-0.4, -0.2) is 17.6 Å². The first kappa shape index (κ1) is 12.7. The maximum atomic E-state index is 12.3. The molecule has 2 aromatic carbocycles. The molecule has 4 nitrogen and oxygen atoms in total. The first-order chi connectivity index (χ1) is 9.22. The van der Waals surface area contributed by atoms with Crippen molar-refractivity contribution >= 4 is 11.6 Å². The SMILES string of the molecule is N#CCN(C(=O)c1ccccc1)c1ccc(O)cc1. The summed E-state index contributed by atoms with van der Waals surface area (Å²) in [6.07, 6.45) is 0. The van der Waals surface area contributed by atoms with Gasteiger partial charge in [-0.2, -0.15) is 5.26 Å². The minimum Gasteiger partial charge on any atom is -0.508 e. The van der Waals surface area contributed by atoms with Crippen LogP contribution in [0, 0.1) is 11.3 Å². The first-order valence-electron chi connectivity index (χ1n) is 5.75. The van der Waals surface area contributed by atoms with E-state index in [-0.39, 0.29) is 18.2 Å². The highest BCUT2D eigenvalue weighted by molar-refractivity contribution is 6.06. The number of amides is 1. The van der Waals surface area contributed by atoms with Crippen molar-refractivity contribution in [3.8, 4) is 11.8 Å². The van der Waals surface area contributed by atoms with Crippen molar-refractivity contribution < 1.29 is 9.90 Å². The molecule has 0 bridgehead atoms. The molecule has 0 saturated heterocycles. The molecule has 0 spiro atoms. The van der Waals surface area contributed by atoms with Gasteiger partial charge in [-0.25, -0.2) is 0 Å². The van der Waals surface area contributed by atoms with Gasteiger partial charge in [-0.3, -0.25) is 9.69 Å². The van der Waals surface area contributed by atoms with Gasteiger partial charge < -0.3 is 5.11 Å². The Kier molecular flexibility index (Phi) is 3.79. The summed E-state index contributed by atoms with van der Waals surface area (Å²) in [7, 11) is 0. The van der Waals surface area contributed by atoms with Crippen molar-refractivity contribution in [2.45, 2.75) is 0 Å². The number of hydrogen-bond donors (Lipinski definition) is 1. The molecule has 4 heteroatoms. The zero-order chi connectivity index (χ0) is 13.7. The third-order valence-electron chi connectivity index (χ3n) is 2.66. The summed E-state index contributed by atoms with van der Waals surface area (Å²) in [5, 5.41) is 18.1. The van der Waals surface area contributed by atoms with Crippen LogP contribution >= 0.6 is 0 Å². The first-order valence-corrected chi connectivity index (χ1v) is 5.75. The van der Waals surface area contributed by atoms with Gasteiger partial charge in [0.2, 0.25) is 0 Å². The summed E-state index contributed by atoms with van der Waals surface area (Å²) in [5.74, 6) is -0.124. The predicted molar refractivity (Wildman–Crippen MR) is 71.8 cm³/mol. The predicted octanol–water partition coefficient (Wildman–Crippen LogP) is 2.56. The zero-order valence-electron chi connectivity index (χ0n) is 10.2. The molecule has 0 heterocycles. The molecule has 2 aromatic rings. The van der Waals surface area contributed by atoms with Crippen molar-refractivity contribution in [1.29, 1.82) is 5.26 Å². The fraction of sp³-hybridized carbons (Fsp3) is 0.0667. The van der Waals surface area contributed by atoms with Gasteiger partial charge in [-0.1, -0.05) is 18.2 Å². The van der Waals surface area contributed by atoms with Crippen LogP contribution in [-0.2, 0) is 0 Å². The Bertz CT molecular complexity index is 600. The highest BCUT2D eigenvalue weighted by Crippen LogP contribution is 2.20. The molecule has 19 heavy (non-hydrogen) atoms. The van der Waals surface area contributed by atoms with Gasteiger partial charge in [0.25, 0.3) is 5.91 Å². The number of benzene rings is 2. The third kappa shape index (κ3) is 2.90. The van der Waals surface area contributed by atoms with Crippen LogP contribution in [0.1, 0.15) is 10.4 Å². The summed E-state index contributed by atoms with van der Waals surface area (Å²) >= 11 is 0. The standard InChI is InChI=1S/C15H12N2O2/c16-10-11-17(13-6-8-14(18)9-7-13)15(19)12-4-2-1-3-5-12/h1-9,18H,11H2. The smallest absolute Gasteiger partial charge is 0.259 e. The van der Waals surface area contributed by atoms with E-state index >= 15 is 0 Å². The van der Waals surface area contributed by atoms with Gasteiger partial charge in [-0.15, -0.1) is 0 Å². The highest BCUT2D eigenvalue weighted by atomic mass is 16.3. The molecule has 0 atom stereocenters. The summed E-state index contributed by atoms with van der Waals surface area (Å²) in [6, 6.07) is 16.9. The summed E-state index contributed by atoms with van der Waals surface area (Å²) in [5.41, 5.74) is 1.10. The maximum Gasteiger partial charge on any atom is 0.259 e. The van der Waals surface area contributed by atoms with Gasteiger partial charge in [0.05, 0.1) is 6.07 Å². The molecule has 0 saturated carbocycles. The largest absolute Gasteiger partial charge is 0.508 e. The van der Waals surface area contributed by atoms with Crippen LogP contribution in [0.4, 0.5) is 5.69 Å². The Morgan fingerprint density at radius 2 is 1.74 bits per heavy atom. The lowest BCUT2D eigenvalue weighted by atomic mass is 10.2. The highest BCUT2D eigenvalue weighted by Gasteiger charge is 2.16.